The van der Waals surface area contributed by atoms with Gasteiger partial charge in [0, 0.05) is 11.3 Å². The Hall–Kier alpha value is -2.54. The van der Waals surface area contributed by atoms with Crippen molar-refractivity contribution in [2.45, 2.75) is 13.3 Å². The average Bonchev–Trinajstić information content (AvgIpc) is 3.07. The maximum Gasteiger partial charge on any atom is 0.235 e. The second kappa shape index (κ2) is 8.19. The molecule has 23 heavy (non-hydrogen) atoms. The number of anilines is 1. The third kappa shape index (κ3) is 4.46. The van der Waals surface area contributed by atoms with Crippen molar-refractivity contribution in [3.8, 4) is 5.75 Å². The van der Waals surface area contributed by atoms with Crippen LogP contribution in [0, 0.1) is 5.92 Å². The summed E-state index contributed by atoms with van der Waals surface area (Å²) in [4.78, 5) is 13.5. The molecule has 6 nitrogen and oxygen atoms in total. The number of nitrogens with two attached hydrogens (primary N) is 1. The lowest BCUT2D eigenvalue weighted by Crippen LogP contribution is -2.36. The zero-order valence-corrected chi connectivity index (χ0v) is 13.5. The summed E-state index contributed by atoms with van der Waals surface area (Å²) < 4.78 is 5.49. The summed E-state index contributed by atoms with van der Waals surface area (Å²) in [5, 5.41) is 16.7. The smallest absolute Gasteiger partial charge is 0.235 e. The lowest BCUT2D eigenvalue weighted by Gasteiger charge is -2.16. The number of amides is 1. The predicted octanol–water partition coefficient (Wildman–Crippen LogP) is 2.69. The highest BCUT2D eigenvalue weighted by Crippen LogP contribution is 2.25. The number of hydrogen-bond acceptors (Lipinski definition) is 5. The van der Waals surface area contributed by atoms with E-state index < -0.39 is 5.92 Å². The van der Waals surface area contributed by atoms with Crippen molar-refractivity contribution in [1.82, 2.24) is 0 Å². The molecular formula is C16H19N3O3S. The Kier molecular flexibility index (Phi) is 5.99. The van der Waals surface area contributed by atoms with Gasteiger partial charge < -0.3 is 21.0 Å². The Morgan fingerprint density at radius 1 is 1.39 bits per heavy atom. The minimum absolute atomic E-state index is 0.121. The van der Waals surface area contributed by atoms with E-state index in [4.69, 9.17) is 15.7 Å². The average molecular weight is 333 g/mol. The van der Waals surface area contributed by atoms with Gasteiger partial charge in [-0.05, 0) is 30.5 Å². The number of thiophene rings is 1. The lowest BCUT2D eigenvalue weighted by atomic mass is 10.0. The summed E-state index contributed by atoms with van der Waals surface area (Å²) in [6, 6.07) is 11.0. The van der Waals surface area contributed by atoms with E-state index in [-0.39, 0.29) is 11.7 Å². The van der Waals surface area contributed by atoms with Gasteiger partial charge in [-0.1, -0.05) is 23.4 Å². The van der Waals surface area contributed by atoms with Crippen LogP contribution < -0.4 is 15.8 Å². The van der Waals surface area contributed by atoms with E-state index in [0.29, 0.717) is 24.5 Å². The number of amidine groups is 1. The fourth-order valence-electron chi connectivity index (χ4n) is 2.10. The van der Waals surface area contributed by atoms with Gasteiger partial charge in [0.2, 0.25) is 5.91 Å². The molecule has 0 aliphatic carbocycles. The quantitative estimate of drug-likeness (QED) is 0.314. The fraction of sp³-hybridized carbons (Fsp3) is 0.250. The van der Waals surface area contributed by atoms with Gasteiger partial charge in [0.1, 0.15) is 11.7 Å². The van der Waals surface area contributed by atoms with E-state index in [2.05, 4.69) is 10.5 Å². The minimum atomic E-state index is -0.756. The number of carbonyl (C=O) groups is 1. The van der Waals surface area contributed by atoms with E-state index in [1.54, 1.807) is 18.2 Å². The highest BCUT2D eigenvalue weighted by atomic mass is 32.1. The molecule has 0 fully saturated rings. The van der Waals surface area contributed by atoms with Crippen LogP contribution in [0.2, 0.25) is 0 Å². The maximum atomic E-state index is 12.6. The van der Waals surface area contributed by atoms with Gasteiger partial charge in [-0.3, -0.25) is 4.79 Å². The number of oxime groups is 1. The van der Waals surface area contributed by atoms with Crippen LogP contribution in [-0.4, -0.2) is 23.6 Å². The zero-order valence-electron chi connectivity index (χ0n) is 12.7. The molecule has 0 bridgehead atoms. The van der Waals surface area contributed by atoms with Crippen molar-refractivity contribution < 1.29 is 14.7 Å². The largest absolute Gasteiger partial charge is 0.492 e. The van der Waals surface area contributed by atoms with Crippen molar-refractivity contribution in [1.29, 1.82) is 0 Å². The van der Waals surface area contributed by atoms with Crippen LogP contribution in [0.15, 0.2) is 46.9 Å². The number of para-hydroxylation sites is 2. The molecule has 1 aromatic heterocycles. The first-order chi connectivity index (χ1) is 11.2. The molecule has 1 heterocycles. The summed E-state index contributed by atoms with van der Waals surface area (Å²) in [7, 11) is 0. The molecule has 4 N–H and O–H groups in total. The van der Waals surface area contributed by atoms with Gasteiger partial charge >= 0.3 is 0 Å². The third-order valence-electron chi connectivity index (χ3n) is 3.22. The van der Waals surface area contributed by atoms with E-state index in [9.17, 15) is 4.79 Å². The molecule has 122 valence electrons. The number of nitrogens with one attached hydrogen (secondary N) is 1. The molecule has 0 saturated carbocycles. The van der Waals surface area contributed by atoms with Gasteiger partial charge in [0.05, 0.1) is 12.3 Å². The predicted molar refractivity (Wildman–Crippen MR) is 91.2 cm³/mol. The molecule has 0 aliphatic rings. The van der Waals surface area contributed by atoms with Crippen LogP contribution in [0.5, 0.6) is 5.75 Å². The number of ether oxygens (including phenoxy) is 1. The summed E-state index contributed by atoms with van der Waals surface area (Å²) >= 11 is 1.52. The topological polar surface area (TPSA) is 96.9 Å². The molecule has 0 radical (unpaired) electrons. The van der Waals surface area contributed by atoms with Crippen LogP contribution in [0.3, 0.4) is 0 Å². The fourth-order valence-corrected chi connectivity index (χ4v) is 2.85. The molecule has 1 atom stereocenters. The van der Waals surface area contributed by atoms with E-state index in [1.165, 1.54) is 11.3 Å². The highest BCUT2D eigenvalue weighted by molar-refractivity contribution is 7.09. The molecule has 1 amide bonds. The normalized spacial score (nSPS) is 12.7. The Labute approximate surface area is 138 Å². The first-order valence-electron chi connectivity index (χ1n) is 7.18. The van der Waals surface area contributed by atoms with Gasteiger partial charge in [-0.2, -0.15) is 0 Å². The standard InChI is InChI=1S/C16H19N3O3S/c1-2-22-14-8-4-3-7-13(14)18-16(20)12(15(17)19-21)10-11-6-5-9-23-11/h3-9,12,21H,2,10H2,1H3,(H2,17,19)(H,18,20). The first-order valence-corrected chi connectivity index (χ1v) is 8.06. The molecule has 7 heteroatoms. The van der Waals surface area contributed by atoms with Crippen molar-refractivity contribution in [3.05, 3.63) is 46.7 Å². The van der Waals surface area contributed by atoms with Gasteiger partial charge in [-0.15, -0.1) is 11.3 Å². The summed E-state index contributed by atoms with van der Waals surface area (Å²) in [6.07, 6.45) is 0.371. The summed E-state index contributed by atoms with van der Waals surface area (Å²) in [6.45, 7) is 2.36. The zero-order chi connectivity index (χ0) is 16.7. The molecule has 0 aliphatic heterocycles. The molecule has 2 rings (SSSR count). The van der Waals surface area contributed by atoms with Crippen LogP contribution in [0.25, 0.3) is 0 Å². The van der Waals surface area contributed by atoms with Crippen molar-refractivity contribution in [3.63, 3.8) is 0 Å². The van der Waals surface area contributed by atoms with E-state index in [1.807, 2.05) is 30.5 Å². The van der Waals surface area contributed by atoms with Crippen molar-refractivity contribution in [2.24, 2.45) is 16.8 Å². The maximum absolute atomic E-state index is 12.6. The van der Waals surface area contributed by atoms with Crippen LogP contribution in [0.1, 0.15) is 11.8 Å². The Morgan fingerprint density at radius 3 is 2.83 bits per heavy atom. The monoisotopic (exact) mass is 333 g/mol. The number of carbonyl (C=O) groups excluding carboxylic acids is 1. The van der Waals surface area contributed by atoms with Crippen molar-refractivity contribution in [2.75, 3.05) is 11.9 Å². The molecule has 1 aromatic carbocycles. The van der Waals surface area contributed by atoms with Gasteiger partial charge in [-0.25, -0.2) is 0 Å². The second-order valence-electron chi connectivity index (χ2n) is 4.78. The SMILES string of the molecule is CCOc1ccccc1NC(=O)C(Cc1cccs1)/C(N)=N/O. The van der Waals surface area contributed by atoms with E-state index in [0.717, 1.165) is 4.88 Å². The lowest BCUT2D eigenvalue weighted by molar-refractivity contribution is -0.118. The van der Waals surface area contributed by atoms with Gasteiger partial charge in [0.15, 0.2) is 5.84 Å². The van der Waals surface area contributed by atoms with Crippen LogP contribution in [-0.2, 0) is 11.2 Å². The summed E-state index contributed by atoms with van der Waals surface area (Å²) in [5.41, 5.74) is 6.25. The molecular weight excluding hydrogens is 314 g/mol. The van der Waals surface area contributed by atoms with Crippen LogP contribution in [0.4, 0.5) is 5.69 Å². The Morgan fingerprint density at radius 2 is 2.17 bits per heavy atom. The number of rotatable bonds is 7. The molecule has 2 aromatic rings. The molecule has 0 saturated heterocycles. The number of hydrogen-bond donors (Lipinski definition) is 3. The number of benzene rings is 1. The Bertz CT molecular complexity index is 671. The highest BCUT2D eigenvalue weighted by Gasteiger charge is 2.25. The second-order valence-corrected chi connectivity index (χ2v) is 5.81. The minimum Gasteiger partial charge on any atom is -0.492 e. The Balaban J connectivity index is 2.18. The first kappa shape index (κ1) is 16.8. The number of nitrogens with zero attached hydrogens (tertiary/aromatic N) is 1. The molecule has 1 unspecified atom stereocenters. The third-order valence-corrected chi connectivity index (χ3v) is 4.12. The molecule has 0 spiro atoms. The van der Waals surface area contributed by atoms with Crippen LogP contribution >= 0.6 is 11.3 Å². The summed E-state index contributed by atoms with van der Waals surface area (Å²) in [5.74, 6) is -0.642. The van der Waals surface area contributed by atoms with E-state index >= 15 is 0 Å². The van der Waals surface area contributed by atoms with Gasteiger partial charge in [0.25, 0.3) is 0 Å². The van der Waals surface area contributed by atoms with Crippen molar-refractivity contribution >= 4 is 28.8 Å².